The van der Waals surface area contributed by atoms with Gasteiger partial charge in [-0.25, -0.2) is 0 Å². The topological polar surface area (TPSA) is 58.6 Å². The van der Waals surface area contributed by atoms with Crippen molar-refractivity contribution in [3.05, 3.63) is 0 Å². The van der Waals surface area contributed by atoms with Gasteiger partial charge in [0.15, 0.2) is 0 Å². The van der Waals surface area contributed by atoms with Crippen molar-refractivity contribution in [1.82, 2.24) is 5.32 Å². The molecule has 0 spiro atoms. The van der Waals surface area contributed by atoms with Gasteiger partial charge in [-0.1, -0.05) is 0 Å². The Balaban J connectivity index is 2.21. The third-order valence-electron chi connectivity index (χ3n) is 2.10. The first-order valence-electron chi connectivity index (χ1n) is 4.73. The maximum atomic E-state index is 11.4. The van der Waals surface area contributed by atoms with Gasteiger partial charge in [-0.05, 0) is 19.8 Å². The molecule has 0 saturated carbocycles. The van der Waals surface area contributed by atoms with Crippen LogP contribution in [-0.4, -0.2) is 36.9 Å². The second-order valence-electron chi connectivity index (χ2n) is 3.51. The minimum atomic E-state index is -0.478. The molecule has 4 nitrogen and oxygen atoms in total. The largest absolute Gasteiger partial charge is 0.392 e. The zero-order valence-corrected chi connectivity index (χ0v) is 7.95. The number of hydrogen-bond donors (Lipinski definition) is 2. The molecule has 1 fully saturated rings. The summed E-state index contributed by atoms with van der Waals surface area (Å²) in [5.74, 6) is -0.0203. The Morgan fingerprint density at radius 1 is 1.77 bits per heavy atom. The van der Waals surface area contributed by atoms with Gasteiger partial charge < -0.3 is 15.2 Å². The molecule has 1 unspecified atom stereocenters. The first kappa shape index (κ1) is 10.5. The van der Waals surface area contributed by atoms with Gasteiger partial charge in [0.05, 0.1) is 18.6 Å². The predicted octanol–water partition coefficient (Wildman–Crippen LogP) is -0.0900. The number of nitrogens with one attached hydrogen (secondary N) is 1. The lowest BCUT2D eigenvalue weighted by Crippen LogP contribution is -2.38. The van der Waals surface area contributed by atoms with Gasteiger partial charge in [-0.3, -0.25) is 4.79 Å². The van der Waals surface area contributed by atoms with E-state index in [1.165, 1.54) is 0 Å². The van der Waals surface area contributed by atoms with Crippen LogP contribution in [0.2, 0.25) is 0 Å². The van der Waals surface area contributed by atoms with E-state index in [2.05, 4.69) is 5.32 Å². The highest BCUT2D eigenvalue weighted by Gasteiger charge is 2.21. The Labute approximate surface area is 78.3 Å². The van der Waals surface area contributed by atoms with Gasteiger partial charge in [0, 0.05) is 13.2 Å². The standard InChI is InChI=1S/C9H17NO3/c1-7(11)5-10-9(12)8-3-2-4-13-6-8/h7-8,11H,2-6H2,1H3,(H,10,12)/t7-,8?/m1/s1. The first-order valence-corrected chi connectivity index (χ1v) is 4.73. The van der Waals surface area contributed by atoms with Crippen LogP contribution >= 0.6 is 0 Å². The minimum Gasteiger partial charge on any atom is -0.392 e. The molecule has 1 rings (SSSR count). The average Bonchev–Trinajstić information content (AvgIpc) is 2.15. The number of aliphatic hydroxyl groups is 1. The Hall–Kier alpha value is -0.610. The van der Waals surface area contributed by atoms with E-state index < -0.39 is 6.10 Å². The maximum Gasteiger partial charge on any atom is 0.225 e. The zero-order chi connectivity index (χ0) is 9.68. The Morgan fingerprint density at radius 2 is 2.54 bits per heavy atom. The van der Waals surface area contributed by atoms with E-state index in [0.29, 0.717) is 13.2 Å². The fourth-order valence-corrected chi connectivity index (χ4v) is 1.34. The van der Waals surface area contributed by atoms with Crippen LogP contribution in [0.4, 0.5) is 0 Å². The molecular formula is C9H17NO3. The van der Waals surface area contributed by atoms with Crippen LogP contribution in [0.1, 0.15) is 19.8 Å². The van der Waals surface area contributed by atoms with Crippen molar-refractivity contribution in [2.75, 3.05) is 19.8 Å². The highest BCUT2D eigenvalue weighted by atomic mass is 16.5. The summed E-state index contributed by atoms with van der Waals surface area (Å²) in [5.41, 5.74) is 0. The normalized spacial score (nSPS) is 25.2. The lowest BCUT2D eigenvalue weighted by molar-refractivity contribution is -0.129. The summed E-state index contributed by atoms with van der Waals surface area (Å²) in [5, 5.41) is 11.6. The monoisotopic (exact) mass is 187 g/mol. The van der Waals surface area contributed by atoms with Crippen molar-refractivity contribution in [3.8, 4) is 0 Å². The number of rotatable bonds is 3. The first-order chi connectivity index (χ1) is 6.20. The summed E-state index contributed by atoms with van der Waals surface area (Å²) in [6.45, 7) is 3.26. The molecule has 1 heterocycles. The van der Waals surface area contributed by atoms with Gasteiger partial charge in [-0.15, -0.1) is 0 Å². The van der Waals surface area contributed by atoms with Crippen LogP contribution in [0.5, 0.6) is 0 Å². The van der Waals surface area contributed by atoms with Crippen LogP contribution in [0, 0.1) is 5.92 Å². The molecule has 76 valence electrons. The molecule has 4 heteroatoms. The molecule has 0 bridgehead atoms. The van der Waals surface area contributed by atoms with E-state index in [1.54, 1.807) is 6.92 Å². The zero-order valence-electron chi connectivity index (χ0n) is 7.95. The maximum absolute atomic E-state index is 11.4. The van der Waals surface area contributed by atoms with Crippen molar-refractivity contribution in [3.63, 3.8) is 0 Å². The third-order valence-corrected chi connectivity index (χ3v) is 2.10. The molecule has 13 heavy (non-hydrogen) atoms. The van der Waals surface area contributed by atoms with Crippen LogP contribution in [-0.2, 0) is 9.53 Å². The number of carbonyl (C=O) groups is 1. The Bertz CT molecular complexity index is 164. The molecule has 0 aromatic rings. The number of aliphatic hydroxyl groups excluding tert-OH is 1. The predicted molar refractivity (Wildman–Crippen MR) is 48.2 cm³/mol. The van der Waals surface area contributed by atoms with Crippen molar-refractivity contribution in [2.24, 2.45) is 5.92 Å². The molecular weight excluding hydrogens is 170 g/mol. The second-order valence-corrected chi connectivity index (χ2v) is 3.51. The van der Waals surface area contributed by atoms with E-state index in [4.69, 9.17) is 9.84 Å². The summed E-state index contributed by atoms with van der Waals surface area (Å²) < 4.78 is 5.19. The van der Waals surface area contributed by atoms with Crippen LogP contribution < -0.4 is 5.32 Å². The van der Waals surface area contributed by atoms with Gasteiger partial charge in [0.25, 0.3) is 0 Å². The van der Waals surface area contributed by atoms with Gasteiger partial charge >= 0.3 is 0 Å². The third kappa shape index (κ3) is 3.74. The van der Waals surface area contributed by atoms with Gasteiger partial charge in [0.2, 0.25) is 5.91 Å². The summed E-state index contributed by atoms with van der Waals surface area (Å²) in [4.78, 5) is 11.4. The van der Waals surface area contributed by atoms with Crippen LogP contribution in [0.15, 0.2) is 0 Å². The summed E-state index contributed by atoms with van der Waals surface area (Å²) in [6, 6.07) is 0. The molecule has 0 aliphatic carbocycles. The number of carbonyl (C=O) groups excluding carboxylic acids is 1. The summed E-state index contributed by atoms with van der Waals surface area (Å²) in [6.07, 6.45) is 1.37. The van der Waals surface area contributed by atoms with Crippen molar-refractivity contribution < 1.29 is 14.6 Å². The molecule has 1 aliphatic rings. The van der Waals surface area contributed by atoms with E-state index >= 15 is 0 Å². The van der Waals surface area contributed by atoms with Gasteiger partial charge in [0.1, 0.15) is 0 Å². The smallest absolute Gasteiger partial charge is 0.225 e. The van der Waals surface area contributed by atoms with Crippen molar-refractivity contribution in [2.45, 2.75) is 25.9 Å². The van der Waals surface area contributed by atoms with E-state index in [-0.39, 0.29) is 11.8 Å². The highest BCUT2D eigenvalue weighted by molar-refractivity contribution is 5.78. The SMILES string of the molecule is C[C@@H](O)CNC(=O)C1CCCOC1. The number of ether oxygens (including phenoxy) is 1. The number of amides is 1. The van der Waals surface area contributed by atoms with Crippen molar-refractivity contribution in [1.29, 1.82) is 0 Å². The average molecular weight is 187 g/mol. The quantitative estimate of drug-likeness (QED) is 0.649. The summed E-state index contributed by atoms with van der Waals surface area (Å²) in [7, 11) is 0. The van der Waals surface area contributed by atoms with Gasteiger partial charge in [-0.2, -0.15) is 0 Å². The molecule has 1 aliphatic heterocycles. The molecule has 0 aromatic heterocycles. The lowest BCUT2D eigenvalue weighted by atomic mass is 10.0. The molecule has 1 saturated heterocycles. The summed E-state index contributed by atoms with van der Waals surface area (Å²) >= 11 is 0. The van der Waals surface area contributed by atoms with E-state index in [1.807, 2.05) is 0 Å². The van der Waals surface area contributed by atoms with Crippen LogP contribution in [0.3, 0.4) is 0 Å². The fraction of sp³-hybridized carbons (Fsp3) is 0.889. The van der Waals surface area contributed by atoms with Crippen molar-refractivity contribution >= 4 is 5.91 Å². The van der Waals surface area contributed by atoms with E-state index in [0.717, 1.165) is 19.4 Å². The highest BCUT2D eigenvalue weighted by Crippen LogP contribution is 2.13. The minimum absolute atomic E-state index is 0.000556. The second kappa shape index (κ2) is 5.19. The molecule has 0 radical (unpaired) electrons. The molecule has 2 N–H and O–H groups in total. The Kier molecular flexibility index (Phi) is 4.18. The molecule has 2 atom stereocenters. The van der Waals surface area contributed by atoms with Crippen LogP contribution in [0.25, 0.3) is 0 Å². The number of hydrogen-bond acceptors (Lipinski definition) is 3. The fourth-order valence-electron chi connectivity index (χ4n) is 1.34. The Morgan fingerprint density at radius 3 is 3.08 bits per heavy atom. The lowest BCUT2D eigenvalue weighted by Gasteiger charge is -2.21. The van der Waals surface area contributed by atoms with E-state index in [9.17, 15) is 4.79 Å². The molecule has 0 aromatic carbocycles. The molecule has 1 amide bonds.